The summed E-state index contributed by atoms with van der Waals surface area (Å²) in [6.45, 7) is 0. The molecular weight excluding hydrogens is 266 g/mol. The first-order valence-electron chi connectivity index (χ1n) is 6.52. The fourth-order valence-electron chi connectivity index (χ4n) is 3.03. The maximum absolute atomic E-state index is 12.6. The molecule has 0 N–H and O–H groups in total. The van der Waals surface area contributed by atoms with Gasteiger partial charge in [0.1, 0.15) is 0 Å². The van der Waals surface area contributed by atoms with Gasteiger partial charge in [0.05, 0.1) is 10.3 Å². The summed E-state index contributed by atoms with van der Waals surface area (Å²) in [7, 11) is 0. The van der Waals surface area contributed by atoms with Gasteiger partial charge in [-0.2, -0.15) is 0 Å². The van der Waals surface area contributed by atoms with Crippen LogP contribution in [-0.4, -0.2) is 10.7 Å². The molecule has 0 aromatic heterocycles. The normalized spacial score (nSPS) is 12.3. The van der Waals surface area contributed by atoms with Gasteiger partial charge >= 0.3 is 0 Å². The standard InChI is InChI=1S/C17H9NO3/c19-17-12-5-2-1-4-10(12)11-8-9-15(18(20)21)13-6-3-7-14(17)16(11)13/h1-9H. The van der Waals surface area contributed by atoms with Gasteiger partial charge in [-0.3, -0.25) is 14.9 Å². The van der Waals surface area contributed by atoms with E-state index in [1.165, 1.54) is 6.07 Å². The molecule has 0 atom stereocenters. The average Bonchev–Trinajstić information content (AvgIpc) is 2.51. The fourth-order valence-corrected chi connectivity index (χ4v) is 3.03. The molecule has 21 heavy (non-hydrogen) atoms. The van der Waals surface area contributed by atoms with E-state index in [1.54, 1.807) is 30.3 Å². The van der Waals surface area contributed by atoms with E-state index >= 15 is 0 Å². The number of hydrogen-bond donors (Lipinski definition) is 0. The summed E-state index contributed by atoms with van der Waals surface area (Å²) in [6, 6.07) is 15.7. The van der Waals surface area contributed by atoms with E-state index in [-0.39, 0.29) is 11.5 Å². The lowest BCUT2D eigenvalue weighted by atomic mass is 9.82. The van der Waals surface area contributed by atoms with Crippen LogP contribution >= 0.6 is 0 Å². The second-order valence-electron chi connectivity index (χ2n) is 4.99. The van der Waals surface area contributed by atoms with Crippen LogP contribution in [0, 0.1) is 10.1 Å². The number of benzene rings is 3. The molecule has 0 fully saturated rings. The lowest BCUT2D eigenvalue weighted by molar-refractivity contribution is -0.383. The zero-order valence-corrected chi connectivity index (χ0v) is 10.9. The molecule has 1 aliphatic rings. The Kier molecular flexibility index (Phi) is 2.24. The zero-order chi connectivity index (χ0) is 14.6. The Balaban J connectivity index is 2.23. The molecule has 0 radical (unpaired) electrons. The molecular formula is C17H9NO3. The van der Waals surface area contributed by atoms with Crippen LogP contribution in [0.1, 0.15) is 15.9 Å². The fraction of sp³-hybridized carbons (Fsp3) is 0. The van der Waals surface area contributed by atoms with E-state index in [2.05, 4.69) is 0 Å². The highest BCUT2D eigenvalue weighted by Gasteiger charge is 2.27. The number of nitro groups is 1. The minimum absolute atomic E-state index is 0.0304. The number of carbonyl (C=O) groups excluding carboxylic acids is 1. The second kappa shape index (κ2) is 3.99. The van der Waals surface area contributed by atoms with Crippen LogP contribution in [0.2, 0.25) is 0 Å². The van der Waals surface area contributed by atoms with E-state index in [0.717, 1.165) is 11.1 Å². The van der Waals surface area contributed by atoms with E-state index in [1.807, 2.05) is 18.2 Å². The predicted molar refractivity (Wildman–Crippen MR) is 79.5 cm³/mol. The van der Waals surface area contributed by atoms with Gasteiger partial charge in [-0.15, -0.1) is 0 Å². The maximum Gasteiger partial charge on any atom is 0.277 e. The molecule has 3 aromatic carbocycles. The molecule has 0 aliphatic heterocycles. The molecule has 0 spiro atoms. The van der Waals surface area contributed by atoms with Gasteiger partial charge in [-0.05, 0) is 23.3 Å². The van der Waals surface area contributed by atoms with Gasteiger partial charge in [0.2, 0.25) is 0 Å². The number of nitro benzene ring substituents is 1. The molecule has 0 unspecified atom stereocenters. The molecule has 4 nitrogen and oxygen atoms in total. The molecule has 4 rings (SSSR count). The molecule has 4 heteroatoms. The van der Waals surface area contributed by atoms with E-state index < -0.39 is 4.92 Å². The summed E-state index contributed by atoms with van der Waals surface area (Å²) >= 11 is 0. The summed E-state index contributed by atoms with van der Waals surface area (Å²) in [5, 5.41) is 12.4. The van der Waals surface area contributed by atoms with Crippen molar-refractivity contribution in [2.75, 3.05) is 0 Å². The highest BCUT2D eigenvalue weighted by Crippen LogP contribution is 2.42. The Bertz CT molecular complexity index is 944. The first-order valence-corrected chi connectivity index (χ1v) is 6.52. The Hall–Kier alpha value is -3.01. The number of non-ortho nitro benzene ring substituents is 1. The quantitative estimate of drug-likeness (QED) is 0.390. The molecule has 0 saturated carbocycles. The van der Waals surface area contributed by atoms with Crippen molar-refractivity contribution in [1.29, 1.82) is 0 Å². The van der Waals surface area contributed by atoms with E-state index in [0.29, 0.717) is 21.9 Å². The van der Waals surface area contributed by atoms with Crippen molar-refractivity contribution in [3.05, 3.63) is 75.8 Å². The first kappa shape index (κ1) is 11.8. The summed E-state index contributed by atoms with van der Waals surface area (Å²) in [6.07, 6.45) is 0. The van der Waals surface area contributed by atoms with Crippen molar-refractivity contribution in [3.63, 3.8) is 0 Å². The highest BCUT2D eigenvalue weighted by molar-refractivity contribution is 6.26. The molecule has 0 bridgehead atoms. The van der Waals surface area contributed by atoms with Crippen LogP contribution in [0.25, 0.3) is 21.9 Å². The van der Waals surface area contributed by atoms with Gasteiger partial charge in [-0.1, -0.05) is 36.4 Å². The maximum atomic E-state index is 12.6. The third-order valence-corrected chi connectivity index (χ3v) is 3.92. The monoisotopic (exact) mass is 275 g/mol. The van der Waals surface area contributed by atoms with Crippen LogP contribution in [0.3, 0.4) is 0 Å². The molecule has 100 valence electrons. The molecule has 3 aromatic rings. The van der Waals surface area contributed by atoms with Gasteiger partial charge < -0.3 is 0 Å². The van der Waals surface area contributed by atoms with Crippen molar-refractivity contribution in [3.8, 4) is 11.1 Å². The third kappa shape index (κ3) is 1.47. The lowest BCUT2D eigenvalue weighted by Crippen LogP contribution is -2.10. The van der Waals surface area contributed by atoms with Crippen molar-refractivity contribution in [2.45, 2.75) is 0 Å². The summed E-state index contributed by atoms with van der Waals surface area (Å²) in [5.41, 5.74) is 2.92. The van der Waals surface area contributed by atoms with Crippen LogP contribution < -0.4 is 0 Å². The number of carbonyl (C=O) groups is 1. The number of ketones is 1. The van der Waals surface area contributed by atoms with Crippen molar-refractivity contribution in [1.82, 2.24) is 0 Å². The van der Waals surface area contributed by atoms with Gasteiger partial charge in [0.15, 0.2) is 5.78 Å². The van der Waals surface area contributed by atoms with Crippen molar-refractivity contribution >= 4 is 22.2 Å². The molecule has 0 saturated heterocycles. The molecule has 0 heterocycles. The number of rotatable bonds is 1. The average molecular weight is 275 g/mol. The smallest absolute Gasteiger partial charge is 0.277 e. The molecule has 0 amide bonds. The first-order chi connectivity index (χ1) is 10.2. The van der Waals surface area contributed by atoms with Crippen LogP contribution in [0.5, 0.6) is 0 Å². The topological polar surface area (TPSA) is 60.2 Å². The van der Waals surface area contributed by atoms with Gasteiger partial charge in [-0.25, -0.2) is 0 Å². The second-order valence-corrected chi connectivity index (χ2v) is 4.99. The number of hydrogen-bond acceptors (Lipinski definition) is 3. The number of nitrogens with zero attached hydrogens (tertiary/aromatic N) is 1. The third-order valence-electron chi connectivity index (χ3n) is 3.92. The van der Waals surface area contributed by atoms with Crippen LogP contribution in [0.15, 0.2) is 54.6 Å². The minimum Gasteiger partial charge on any atom is -0.289 e. The van der Waals surface area contributed by atoms with Crippen molar-refractivity contribution in [2.24, 2.45) is 0 Å². The van der Waals surface area contributed by atoms with Crippen molar-refractivity contribution < 1.29 is 9.72 Å². The lowest BCUT2D eigenvalue weighted by Gasteiger charge is -2.19. The predicted octanol–water partition coefficient (Wildman–Crippen LogP) is 3.96. The Morgan fingerprint density at radius 2 is 1.48 bits per heavy atom. The Morgan fingerprint density at radius 1 is 0.762 bits per heavy atom. The largest absolute Gasteiger partial charge is 0.289 e. The number of fused-ring (bicyclic) bond motifs is 2. The zero-order valence-electron chi connectivity index (χ0n) is 10.9. The van der Waals surface area contributed by atoms with Gasteiger partial charge in [0.25, 0.3) is 5.69 Å². The van der Waals surface area contributed by atoms with Crippen LogP contribution in [-0.2, 0) is 0 Å². The summed E-state index contributed by atoms with van der Waals surface area (Å²) in [4.78, 5) is 23.4. The summed E-state index contributed by atoms with van der Waals surface area (Å²) < 4.78 is 0. The Labute approximate surface area is 119 Å². The van der Waals surface area contributed by atoms with Crippen LogP contribution in [0.4, 0.5) is 5.69 Å². The van der Waals surface area contributed by atoms with E-state index in [4.69, 9.17) is 0 Å². The van der Waals surface area contributed by atoms with E-state index in [9.17, 15) is 14.9 Å². The Morgan fingerprint density at radius 3 is 2.24 bits per heavy atom. The minimum atomic E-state index is -0.409. The SMILES string of the molecule is O=C1c2ccccc2-c2ccc([N+](=O)[O-])c3cccc1c23. The highest BCUT2D eigenvalue weighted by atomic mass is 16.6. The van der Waals surface area contributed by atoms with Gasteiger partial charge in [0, 0.05) is 22.6 Å². The summed E-state index contributed by atoms with van der Waals surface area (Å²) in [5.74, 6) is -0.0794. The molecule has 1 aliphatic carbocycles.